The van der Waals surface area contributed by atoms with Gasteiger partial charge in [-0.2, -0.15) is 52.7 Å². The number of carbonyl (C=O) groups is 4. The number of aromatic carboxylic acids is 1. The lowest BCUT2D eigenvalue weighted by Crippen LogP contribution is -2.69. The molecule has 0 saturated heterocycles. The average molecular weight is 604 g/mol. The summed E-state index contributed by atoms with van der Waals surface area (Å²) < 4.78 is 169. The van der Waals surface area contributed by atoms with Crippen molar-refractivity contribution in [2.45, 2.75) is 24.7 Å². The molecule has 220 valence electrons. The molecule has 1 aliphatic carbocycles. The Morgan fingerprint density at radius 1 is 0.650 bits per heavy atom. The van der Waals surface area contributed by atoms with E-state index in [0.717, 1.165) is 0 Å². The normalized spacial score (nSPS) is 17.8. The zero-order valence-corrected chi connectivity index (χ0v) is 18.3. The minimum absolute atomic E-state index is 0.286. The Morgan fingerprint density at radius 2 is 1.10 bits per heavy atom. The van der Waals surface area contributed by atoms with Gasteiger partial charge in [0.05, 0.1) is 22.3 Å². The van der Waals surface area contributed by atoms with Crippen molar-refractivity contribution in [3.05, 3.63) is 52.1 Å². The van der Waals surface area contributed by atoms with E-state index in [0.29, 0.717) is 0 Å². The molecule has 0 aliphatic heterocycles. The smallest absolute Gasteiger partial charge is 0.417 e. The van der Waals surface area contributed by atoms with Gasteiger partial charge in [-0.15, -0.1) is 0 Å². The molecule has 1 aliphatic rings. The highest BCUT2D eigenvalue weighted by atomic mass is 19.4. The molecule has 0 saturated carbocycles. The fraction of sp³-hybridized carbons (Fsp3) is 0.300. The van der Waals surface area contributed by atoms with Crippen molar-refractivity contribution in [1.29, 1.82) is 0 Å². The van der Waals surface area contributed by atoms with E-state index in [1.807, 2.05) is 0 Å². The van der Waals surface area contributed by atoms with Crippen LogP contribution < -0.4 is 0 Å². The molecule has 0 bridgehead atoms. The molecule has 0 unspecified atom stereocenters. The summed E-state index contributed by atoms with van der Waals surface area (Å²) in [6.07, 6.45) is -28.4. The van der Waals surface area contributed by atoms with Gasteiger partial charge in [0, 0.05) is 0 Å². The highest BCUT2D eigenvalue weighted by molar-refractivity contribution is 6.15. The molecule has 0 spiro atoms. The van der Waals surface area contributed by atoms with Crippen LogP contribution >= 0.6 is 0 Å². The average Bonchev–Trinajstić information content (AvgIpc) is 2.73. The molecule has 2 rings (SSSR count). The molecule has 0 aromatic heterocycles. The van der Waals surface area contributed by atoms with Gasteiger partial charge in [0.1, 0.15) is 0 Å². The molecule has 0 radical (unpaired) electrons. The van der Waals surface area contributed by atoms with Crippen LogP contribution in [-0.4, -0.2) is 62.8 Å². The monoisotopic (exact) mass is 604 g/mol. The fourth-order valence-electron chi connectivity index (χ4n) is 4.37. The van der Waals surface area contributed by atoms with Crippen molar-refractivity contribution in [2.24, 2.45) is 10.8 Å². The predicted octanol–water partition coefficient (Wildman–Crippen LogP) is 5.01. The van der Waals surface area contributed by atoms with Gasteiger partial charge in [0.15, 0.2) is 0 Å². The molecule has 0 atom stereocenters. The number of aliphatic carboxylic acids is 3. The van der Waals surface area contributed by atoms with Crippen LogP contribution in [0.15, 0.2) is 35.4 Å². The number of rotatable bonds is 5. The van der Waals surface area contributed by atoms with E-state index < -0.39 is 105 Å². The van der Waals surface area contributed by atoms with Crippen LogP contribution in [0.3, 0.4) is 0 Å². The van der Waals surface area contributed by atoms with Crippen LogP contribution in [0.1, 0.15) is 21.5 Å². The predicted molar refractivity (Wildman–Crippen MR) is 99.3 cm³/mol. The lowest BCUT2D eigenvalue weighted by Gasteiger charge is -2.50. The molecule has 4 N–H and O–H groups in total. The lowest BCUT2D eigenvalue weighted by molar-refractivity contribution is -0.342. The Morgan fingerprint density at radius 3 is 1.40 bits per heavy atom. The van der Waals surface area contributed by atoms with Gasteiger partial charge in [-0.1, -0.05) is 6.07 Å². The number of alkyl halides is 12. The van der Waals surface area contributed by atoms with E-state index in [-0.39, 0.29) is 12.1 Å². The summed E-state index contributed by atoms with van der Waals surface area (Å²) in [7, 11) is 0. The number of carboxylic acid groups (broad SMARTS) is 4. The van der Waals surface area contributed by atoms with E-state index in [1.54, 1.807) is 0 Å². The minimum Gasteiger partial charge on any atom is -0.480 e. The molecule has 40 heavy (non-hydrogen) atoms. The number of hydrogen-bond donors (Lipinski definition) is 4. The van der Waals surface area contributed by atoms with Crippen LogP contribution in [0.2, 0.25) is 0 Å². The summed E-state index contributed by atoms with van der Waals surface area (Å²) >= 11 is 0. The Hall–Kier alpha value is -4.26. The second kappa shape index (κ2) is 9.15. The van der Waals surface area contributed by atoms with Gasteiger partial charge >= 0.3 is 48.6 Å². The molecule has 1 aromatic rings. The number of halogens is 12. The van der Waals surface area contributed by atoms with Crippen molar-refractivity contribution in [3.63, 3.8) is 0 Å². The van der Waals surface area contributed by atoms with Crippen molar-refractivity contribution < 1.29 is 92.3 Å². The first-order chi connectivity index (χ1) is 17.7. The van der Waals surface area contributed by atoms with E-state index in [1.165, 1.54) is 0 Å². The third kappa shape index (κ3) is 4.30. The van der Waals surface area contributed by atoms with Gasteiger partial charge in [-0.25, -0.2) is 9.59 Å². The number of hydrogen-bond acceptors (Lipinski definition) is 4. The van der Waals surface area contributed by atoms with Gasteiger partial charge in [0.2, 0.25) is 10.8 Å². The van der Waals surface area contributed by atoms with Crippen LogP contribution in [-0.2, 0) is 20.6 Å². The topological polar surface area (TPSA) is 149 Å². The molecule has 0 heterocycles. The second-order valence-electron chi connectivity index (χ2n) is 7.82. The Kier molecular flexibility index (Phi) is 7.31. The van der Waals surface area contributed by atoms with Crippen molar-refractivity contribution >= 4 is 29.5 Å². The molecule has 8 nitrogen and oxygen atoms in total. The maximum absolute atomic E-state index is 14.5. The summed E-state index contributed by atoms with van der Waals surface area (Å²) in [4.78, 5) is 46.9. The molecule has 0 fully saturated rings. The van der Waals surface area contributed by atoms with Crippen LogP contribution in [0.5, 0.6) is 0 Å². The molecular formula is C20H8F12O8. The summed E-state index contributed by atoms with van der Waals surface area (Å²) in [5, 5.41) is 37.0. The number of allylic oxidation sites excluding steroid dienone is 3. The minimum atomic E-state index is -7.41. The first-order valence-corrected chi connectivity index (χ1v) is 9.54. The van der Waals surface area contributed by atoms with Gasteiger partial charge in [0.25, 0.3) is 0 Å². The largest absolute Gasteiger partial charge is 0.480 e. The standard InChI is InChI=1S/C20H8F12O8/c21-17(22,23)8-3-5(1-2-6(8)11(33)34)7-4-9(18(24,25)26)10(12(35)36)15(13(37)38,14(39)40)16(7,19(27,28)29)20(30,31)32/h1-4H,(H,33,34)(H,35,36)(H,37,38)(H,39,40). The second-order valence-corrected chi connectivity index (χ2v) is 7.82. The van der Waals surface area contributed by atoms with Crippen LogP contribution in [0.25, 0.3) is 5.57 Å². The highest BCUT2D eigenvalue weighted by Crippen LogP contribution is 2.71. The van der Waals surface area contributed by atoms with Crippen molar-refractivity contribution in [3.8, 4) is 0 Å². The van der Waals surface area contributed by atoms with Crippen LogP contribution in [0, 0.1) is 10.8 Å². The van der Waals surface area contributed by atoms with E-state index >= 15 is 0 Å². The maximum atomic E-state index is 14.5. The SMILES string of the molecule is O=C(O)C1=C(C(F)(F)F)C=C(c2ccc(C(=O)O)c(C(F)(F)F)c2)C(C(F)(F)F)(C(F)(F)F)C1(C(=O)O)C(=O)O. The Bertz CT molecular complexity index is 1330. The zero-order valence-electron chi connectivity index (χ0n) is 18.3. The third-order valence-electron chi connectivity index (χ3n) is 5.78. The van der Waals surface area contributed by atoms with Crippen LogP contribution in [0.4, 0.5) is 52.7 Å². The molecule has 1 aromatic carbocycles. The summed E-state index contributed by atoms with van der Waals surface area (Å²) in [6.45, 7) is 0. The van der Waals surface area contributed by atoms with Gasteiger partial charge in [-0.3, -0.25) is 9.59 Å². The van der Waals surface area contributed by atoms with Crippen molar-refractivity contribution in [1.82, 2.24) is 0 Å². The number of benzene rings is 1. The van der Waals surface area contributed by atoms with E-state index in [4.69, 9.17) is 5.11 Å². The quantitative estimate of drug-likeness (QED) is 0.271. The van der Waals surface area contributed by atoms with E-state index in [9.17, 15) is 87.2 Å². The Labute approximate surface area is 210 Å². The molecule has 20 heteroatoms. The Balaban J connectivity index is 3.53. The van der Waals surface area contributed by atoms with E-state index in [2.05, 4.69) is 0 Å². The summed E-state index contributed by atoms with van der Waals surface area (Å²) in [5.74, 6) is -13.8. The first kappa shape index (κ1) is 32.0. The van der Waals surface area contributed by atoms with Crippen molar-refractivity contribution in [2.75, 3.05) is 0 Å². The fourth-order valence-corrected chi connectivity index (χ4v) is 4.37. The summed E-state index contributed by atoms with van der Waals surface area (Å²) in [5.41, 5.74) is -29.2. The first-order valence-electron chi connectivity index (χ1n) is 9.54. The third-order valence-corrected chi connectivity index (χ3v) is 5.78. The lowest BCUT2D eigenvalue weighted by atomic mass is 9.50. The van der Waals surface area contributed by atoms with Gasteiger partial charge < -0.3 is 20.4 Å². The molecular weight excluding hydrogens is 596 g/mol. The summed E-state index contributed by atoms with van der Waals surface area (Å²) in [6, 6.07) is -1.40. The number of carboxylic acids is 4. The molecule has 0 amide bonds. The maximum Gasteiger partial charge on any atom is 0.417 e. The highest BCUT2D eigenvalue weighted by Gasteiger charge is 2.89. The zero-order chi connectivity index (χ0) is 31.6. The van der Waals surface area contributed by atoms with Gasteiger partial charge in [-0.05, 0) is 29.3 Å².